The van der Waals surface area contributed by atoms with E-state index in [1.807, 2.05) is 48.5 Å². The first-order chi connectivity index (χ1) is 10.3. The number of nitrogens with zero attached hydrogens (tertiary/aromatic N) is 1. The molecule has 1 heterocycles. The highest BCUT2D eigenvalue weighted by molar-refractivity contribution is 7.99. The van der Waals surface area contributed by atoms with E-state index in [9.17, 15) is 0 Å². The molecule has 4 nitrogen and oxygen atoms in total. The second-order valence-electron chi connectivity index (χ2n) is 4.57. The third-order valence-corrected chi connectivity index (χ3v) is 4.32. The highest BCUT2D eigenvalue weighted by Crippen LogP contribution is 2.36. The minimum atomic E-state index is 0.0770. The van der Waals surface area contributed by atoms with Crippen LogP contribution in [0.5, 0.6) is 5.75 Å². The standard InChI is InChI=1S/C16H16N2O2S/c1-19-12-6-4-5-11(9-12)15(10-17)21-16-18-13-7-2-3-8-14(13)20-16/h2-9,15H,10,17H2,1H3. The maximum absolute atomic E-state index is 5.91. The number of oxazole rings is 1. The minimum absolute atomic E-state index is 0.0770. The summed E-state index contributed by atoms with van der Waals surface area (Å²) in [6.07, 6.45) is 0. The van der Waals surface area contributed by atoms with Crippen molar-refractivity contribution in [3.63, 3.8) is 0 Å². The molecule has 0 amide bonds. The SMILES string of the molecule is COc1cccc(C(CN)Sc2nc3ccccc3o2)c1. The molecule has 1 aromatic heterocycles. The first kappa shape index (κ1) is 14.0. The van der Waals surface area contributed by atoms with Gasteiger partial charge < -0.3 is 14.9 Å². The van der Waals surface area contributed by atoms with E-state index in [0.29, 0.717) is 11.8 Å². The van der Waals surface area contributed by atoms with Gasteiger partial charge in [-0.25, -0.2) is 4.98 Å². The Bertz CT molecular complexity index is 709. The zero-order chi connectivity index (χ0) is 14.7. The summed E-state index contributed by atoms with van der Waals surface area (Å²) in [7, 11) is 1.66. The van der Waals surface area contributed by atoms with Crippen molar-refractivity contribution in [2.45, 2.75) is 10.5 Å². The van der Waals surface area contributed by atoms with E-state index in [4.69, 9.17) is 14.9 Å². The molecule has 3 aromatic rings. The monoisotopic (exact) mass is 300 g/mol. The minimum Gasteiger partial charge on any atom is -0.497 e. The van der Waals surface area contributed by atoms with E-state index in [1.54, 1.807) is 7.11 Å². The summed E-state index contributed by atoms with van der Waals surface area (Å²) in [5, 5.41) is 0.711. The van der Waals surface area contributed by atoms with Gasteiger partial charge in [-0.15, -0.1) is 0 Å². The number of ether oxygens (including phenoxy) is 1. The number of para-hydroxylation sites is 2. The van der Waals surface area contributed by atoms with Crippen molar-refractivity contribution in [2.24, 2.45) is 5.73 Å². The maximum atomic E-state index is 5.91. The molecule has 0 radical (unpaired) electrons. The van der Waals surface area contributed by atoms with Gasteiger partial charge >= 0.3 is 0 Å². The van der Waals surface area contributed by atoms with E-state index in [1.165, 1.54) is 11.8 Å². The van der Waals surface area contributed by atoms with E-state index in [2.05, 4.69) is 4.98 Å². The summed E-state index contributed by atoms with van der Waals surface area (Å²) in [5.74, 6) is 0.823. The number of rotatable bonds is 5. The van der Waals surface area contributed by atoms with E-state index >= 15 is 0 Å². The molecule has 0 bridgehead atoms. The Morgan fingerprint density at radius 2 is 2.10 bits per heavy atom. The molecule has 0 saturated heterocycles. The third-order valence-electron chi connectivity index (χ3n) is 3.20. The highest BCUT2D eigenvalue weighted by atomic mass is 32.2. The molecule has 2 N–H and O–H groups in total. The molecule has 3 rings (SSSR count). The second kappa shape index (κ2) is 6.20. The molecule has 0 spiro atoms. The van der Waals surface area contributed by atoms with Crippen LogP contribution in [0.25, 0.3) is 11.1 Å². The number of nitrogens with two attached hydrogens (primary N) is 1. The van der Waals surface area contributed by atoms with Gasteiger partial charge in [0.05, 0.1) is 12.4 Å². The number of hydrogen-bond donors (Lipinski definition) is 1. The maximum Gasteiger partial charge on any atom is 0.257 e. The number of hydrogen-bond acceptors (Lipinski definition) is 5. The van der Waals surface area contributed by atoms with Crippen LogP contribution in [-0.2, 0) is 0 Å². The smallest absolute Gasteiger partial charge is 0.257 e. The summed E-state index contributed by atoms with van der Waals surface area (Å²) >= 11 is 1.53. The lowest BCUT2D eigenvalue weighted by molar-refractivity contribution is 0.414. The Morgan fingerprint density at radius 1 is 1.24 bits per heavy atom. The Balaban J connectivity index is 1.86. The van der Waals surface area contributed by atoms with E-state index < -0.39 is 0 Å². The fourth-order valence-corrected chi connectivity index (χ4v) is 3.03. The molecule has 0 aliphatic rings. The normalized spacial score (nSPS) is 12.5. The Kier molecular flexibility index (Phi) is 4.13. The lowest BCUT2D eigenvalue weighted by atomic mass is 10.1. The molecule has 5 heteroatoms. The van der Waals surface area contributed by atoms with Crippen LogP contribution in [-0.4, -0.2) is 18.6 Å². The van der Waals surface area contributed by atoms with E-state index in [0.717, 1.165) is 22.4 Å². The van der Waals surface area contributed by atoms with Gasteiger partial charge in [-0.1, -0.05) is 36.0 Å². The third kappa shape index (κ3) is 3.04. The average molecular weight is 300 g/mol. The molecule has 108 valence electrons. The van der Waals surface area contributed by atoms with Crippen LogP contribution in [0.3, 0.4) is 0 Å². The van der Waals surface area contributed by atoms with Crippen LogP contribution in [0.15, 0.2) is 58.2 Å². The Morgan fingerprint density at radius 3 is 2.86 bits per heavy atom. The van der Waals surface area contributed by atoms with Gasteiger partial charge in [0.2, 0.25) is 0 Å². The zero-order valence-corrected chi connectivity index (χ0v) is 12.5. The average Bonchev–Trinajstić information content (AvgIpc) is 2.95. The fourth-order valence-electron chi connectivity index (χ4n) is 2.12. The topological polar surface area (TPSA) is 61.3 Å². The molecule has 0 aliphatic carbocycles. The summed E-state index contributed by atoms with van der Waals surface area (Å²) in [4.78, 5) is 4.48. The van der Waals surface area contributed by atoms with Gasteiger partial charge in [-0.2, -0.15) is 0 Å². The first-order valence-electron chi connectivity index (χ1n) is 6.66. The van der Waals surface area contributed by atoms with Gasteiger partial charge in [-0.05, 0) is 29.8 Å². The summed E-state index contributed by atoms with van der Waals surface area (Å²) < 4.78 is 11.0. The highest BCUT2D eigenvalue weighted by Gasteiger charge is 2.16. The number of aromatic nitrogens is 1. The van der Waals surface area contributed by atoms with Gasteiger partial charge in [0.15, 0.2) is 5.58 Å². The molecule has 2 aromatic carbocycles. The second-order valence-corrected chi connectivity index (χ2v) is 5.72. The van der Waals surface area contributed by atoms with Crippen molar-refractivity contribution in [2.75, 3.05) is 13.7 Å². The van der Waals surface area contributed by atoms with Crippen molar-refractivity contribution >= 4 is 22.9 Å². The Labute approximate surface area is 127 Å². The lowest BCUT2D eigenvalue weighted by Crippen LogP contribution is -2.09. The summed E-state index contributed by atoms with van der Waals surface area (Å²) in [5.41, 5.74) is 8.66. The number of methoxy groups -OCH3 is 1. The number of thioether (sulfide) groups is 1. The fraction of sp³-hybridized carbons (Fsp3) is 0.188. The number of benzene rings is 2. The van der Waals surface area contributed by atoms with Crippen LogP contribution in [0, 0.1) is 0 Å². The van der Waals surface area contributed by atoms with Crippen LogP contribution < -0.4 is 10.5 Å². The van der Waals surface area contributed by atoms with Crippen LogP contribution in [0.4, 0.5) is 0 Å². The molecular formula is C16H16N2O2S. The van der Waals surface area contributed by atoms with Gasteiger partial charge in [-0.3, -0.25) is 0 Å². The predicted molar refractivity (Wildman–Crippen MR) is 84.7 cm³/mol. The van der Waals surface area contributed by atoms with Crippen molar-refractivity contribution in [3.05, 3.63) is 54.1 Å². The molecule has 0 saturated carbocycles. The van der Waals surface area contributed by atoms with Crippen molar-refractivity contribution < 1.29 is 9.15 Å². The van der Waals surface area contributed by atoms with E-state index in [-0.39, 0.29) is 5.25 Å². The Hall–Kier alpha value is -1.98. The van der Waals surface area contributed by atoms with Gasteiger partial charge in [0.1, 0.15) is 11.3 Å². The molecule has 1 atom stereocenters. The summed E-state index contributed by atoms with van der Waals surface area (Å²) in [6, 6.07) is 15.6. The van der Waals surface area contributed by atoms with Crippen molar-refractivity contribution in [3.8, 4) is 5.75 Å². The summed E-state index contributed by atoms with van der Waals surface area (Å²) in [6.45, 7) is 0.497. The first-order valence-corrected chi connectivity index (χ1v) is 7.54. The molecule has 21 heavy (non-hydrogen) atoms. The largest absolute Gasteiger partial charge is 0.497 e. The zero-order valence-electron chi connectivity index (χ0n) is 11.7. The molecular weight excluding hydrogens is 284 g/mol. The predicted octanol–water partition coefficient (Wildman–Crippen LogP) is 3.63. The van der Waals surface area contributed by atoms with Gasteiger partial charge in [0, 0.05) is 6.54 Å². The quantitative estimate of drug-likeness (QED) is 0.729. The van der Waals surface area contributed by atoms with Crippen molar-refractivity contribution in [1.82, 2.24) is 4.98 Å². The van der Waals surface area contributed by atoms with Gasteiger partial charge in [0.25, 0.3) is 5.22 Å². The van der Waals surface area contributed by atoms with Crippen LogP contribution >= 0.6 is 11.8 Å². The number of fused-ring (bicyclic) bond motifs is 1. The van der Waals surface area contributed by atoms with Crippen molar-refractivity contribution in [1.29, 1.82) is 0 Å². The van der Waals surface area contributed by atoms with Crippen LogP contribution in [0.1, 0.15) is 10.8 Å². The van der Waals surface area contributed by atoms with Crippen LogP contribution in [0.2, 0.25) is 0 Å². The lowest BCUT2D eigenvalue weighted by Gasteiger charge is -2.13. The molecule has 1 unspecified atom stereocenters. The molecule has 0 aliphatic heterocycles. The molecule has 0 fully saturated rings.